The maximum Gasteiger partial charge on any atom is 0.0446 e. The first-order chi connectivity index (χ1) is 7.83. The van der Waals surface area contributed by atoms with Crippen molar-refractivity contribution in [3.63, 3.8) is 0 Å². The first-order valence-electron chi connectivity index (χ1n) is 5.43. The predicted octanol–water partition coefficient (Wildman–Crippen LogP) is 0.774. The summed E-state index contributed by atoms with van der Waals surface area (Å²) in [5.41, 5.74) is 0. The smallest absolute Gasteiger partial charge is 0.0446 e. The number of nitrogens with zero attached hydrogens (tertiary/aromatic N) is 1. The van der Waals surface area contributed by atoms with E-state index in [1.807, 2.05) is 12.1 Å². The quantitative estimate of drug-likeness (QED) is 0.752. The molecule has 0 saturated carbocycles. The highest BCUT2D eigenvalue weighted by atomic mass is 79.9. The summed E-state index contributed by atoms with van der Waals surface area (Å²) in [6.07, 6.45) is 4.36. The Morgan fingerprint density at radius 2 is 2.38 bits per heavy atom. The monoisotopic (exact) mass is 287 g/mol. The molecule has 0 spiro atoms. The summed E-state index contributed by atoms with van der Waals surface area (Å²) in [4.78, 5) is 3.84. The van der Waals surface area contributed by atoms with Crippen LogP contribution in [0.1, 0.15) is 6.42 Å². The van der Waals surface area contributed by atoms with E-state index in [2.05, 4.69) is 31.5 Å². The second kappa shape index (κ2) is 8.64. The van der Waals surface area contributed by atoms with Gasteiger partial charge in [-0.15, -0.1) is 0 Å². The highest BCUT2D eigenvalue weighted by Gasteiger charge is 2.09. The Morgan fingerprint density at radius 1 is 1.50 bits per heavy atom. The number of hydrogen-bond acceptors (Lipinski definition) is 4. The summed E-state index contributed by atoms with van der Waals surface area (Å²) in [6, 6.07) is 4.31. The van der Waals surface area contributed by atoms with Gasteiger partial charge < -0.3 is 15.7 Å². The molecule has 5 heteroatoms. The number of pyridine rings is 1. The van der Waals surface area contributed by atoms with Gasteiger partial charge in [-0.2, -0.15) is 0 Å². The summed E-state index contributed by atoms with van der Waals surface area (Å²) in [6.45, 7) is 3.38. The maximum atomic E-state index is 8.55. The second-order valence-corrected chi connectivity index (χ2v) is 4.45. The lowest BCUT2D eigenvalue weighted by Crippen LogP contribution is -2.48. The van der Waals surface area contributed by atoms with Crippen molar-refractivity contribution in [2.75, 3.05) is 26.2 Å². The maximum absolute atomic E-state index is 8.55. The fourth-order valence-electron chi connectivity index (χ4n) is 1.42. The molecule has 1 aliphatic heterocycles. The van der Waals surface area contributed by atoms with E-state index >= 15 is 0 Å². The van der Waals surface area contributed by atoms with Gasteiger partial charge in [0.25, 0.3) is 0 Å². The van der Waals surface area contributed by atoms with Crippen LogP contribution in [0.3, 0.4) is 0 Å². The molecule has 4 nitrogen and oxygen atoms in total. The minimum atomic E-state index is 0.291. The Kier molecular flexibility index (Phi) is 7.33. The second-order valence-electron chi connectivity index (χ2n) is 3.54. The van der Waals surface area contributed by atoms with Gasteiger partial charge in [-0.25, -0.2) is 0 Å². The molecular weight excluding hydrogens is 270 g/mol. The van der Waals surface area contributed by atoms with E-state index in [1.165, 1.54) is 0 Å². The summed E-state index contributed by atoms with van der Waals surface area (Å²) >= 11 is 3.25. The zero-order valence-corrected chi connectivity index (χ0v) is 10.8. The number of aliphatic hydroxyl groups is 1. The van der Waals surface area contributed by atoms with E-state index in [-0.39, 0.29) is 0 Å². The standard InChI is InChI=1S/C6H14N2O.C5H4BrN/c9-4-1-6-5-7-2-3-8-6;6-5-2-1-3-7-4-5/h6-9H,1-5H2;1-4H. The molecule has 2 rings (SSSR count). The van der Waals surface area contributed by atoms with Crippen molar-refractivity contribution >= 4 is 15.9 Å². The number of halogens is 1. The number of hydrogen-bond donors (Lipinski definition) is 3. The number of nitrogens with one attached hydrogen (secondary N) is 2. The molecule has 0 aromatic carbocycles. The van der Waals surface area contributed by atoms with Crippen LogP contribution in [0.2, 0.25) is 0 Å². The zero-order chi connectivity index (χ0) is 11.6. The predicted molar refractivity (Wildman–Crippen MR) is 68.3 cm³/mol. The molecule has 0 amide bonds. The molecule has 1 aliphatic rings. The molecule has 3 N–H and O–H groups in total. The Labute approximate surface area is 105 Å². The molecule has 90 valence electrons. The molecule has 1 atom stereocenters. The Balaban J connectivity index is 0.000000165. The molecular formula is C11H18BrN3O. The van der Waals surface area contributed by atoms with Crippen molar-refractivity contribution in [2.45, 2.75) is 12.5 Å². The van der Waals surface area contributed by atoms with Crippen molar-refractivity contribution in [3.8, 4) is 0 Å². The van der Waals surface area contributed by atoms with Crippen LogP contribution in [-0.4, -0.2) is 42.4 Å². The highest BCUT2D eigenvalue weighted by Crippen LogP contribution is 2.02. The number of aliphatic hydroxyl groups excluding tert-OH is 1. The normalized spacial score (nSPS) is 19.8. The van der Waals surface area contributed by atoms with Crippen molar-refractivity contribution < 1.29 is 5.11 Å². The molecule has 0 bridgehead atoms. The highest BCUT2D eigenvalue weighted by molar-refractivity contribution is 9.10. The SMILES string of the molecule is Brc1cccnc1.OCCC1CNCCN1. The van der Waals surface area contributed by atoms with Gasteiger partial charge in [0.1, 0.15) is 0 Å². The van der Waals surface area contributed by atoms with Crippen molar-refractivity contribution in [1.82, 2.24) is 15.6 Å². The van der Waals surface area contributed by atoms with Crippen molar-refractivity contribution in [1.29, 1.82) is 0 Å². The van der Waals surface area contributed by atoms with Crippen LogP contribution >= 0.6 is 15.9 Å². The lowest BCUT2D eigenvalue weighted by molar-refractivity contribution is 0.255. The largest absolute Gasteiger partial charge is 0.396 e. The molecule has 1 fully saturated rings. The van der Waals surface area contributed by atoms with E-state index in [4.69, 9.17) is 5.11 Å². The van der Waals surface area contributed by atoms with Crippen LogP contribution in [0.5, 0.6) is 0 Å². The first-order valence-corrected chi connectivity index (χ1v) is 6.22. The fourth-order valence-corrected chi connectivity index (χ4v) is 1.69. The van der Waals surface area contributed by atoms with E-state index in [0.29, 0.717) is 12.6 Å². The van der Waals surface area contributed by atoms with Crippen LogP contribution in [0.4, 0.5) is 0 Å². The Bertz CT molecular complexity index is 262. The number of rotatable bonds is 2. The summed E-state index contributed by atoms with van der Waals surface area (Å²) in [5, 5.41) is 15.1. The van der Waals surface area contributed by atoms with E-state index in [1.54, 1.807) is 12.4 Å². The third-order valence-electron chi connectivity index (χ3n) is 2.23. The zero-order valence-electron chi connectivity index (χ0n) is 9.19. The third kappa shape index (κ3) is 6.17. The van der Waals surface area contributed by atoms with Crippen LogP contribution < -0.4 is 10.6 Å². The van der Waals surface area contributed by atoms with Gasteiger partial charge in [0, 0.05) is 49.1 Å². The molecule has 2 heterocycles. The topological polar surface area (TPSA) is 57.2 Å². The third-order valence-corrected chi connectivity index (χ3v) is 2.70. The van der Waals surface area contributed by atoms with E-state index in [0.717, 1.165) is 30.5 Å². The van der Waals surface area contributed by atoms with Gasteiger partial charge in [0.15, 0.2) is 0 Å². The molecule has 1 aromatic rings. The molecule has 1 saturated heterocycles. The van der Waals surface area contributed by atoms with Crippen LogP contribution in [0, 0.1) is 0 Å². The van der Waals surface area contributed by atoms with Gasteiger partial charge in [-0.1, -0.05) is 0 Å². The van der Waals surface area contributed by atoms with Gasteiger partial charge >= 0.3 is 0 Å². The Hall–Kier alpha value is -0.490. The van der Waals surface area contributed by atoms with Gasteiger partial charge in [-0.3, -0.25) is 4.98 Å². The molecule has 0 radical (unpaired) electrons. The fraction of sp³-hybridized carbons (Fsp3) is 0.545. The van der Waals surface area contributed by atoms with Crippen LogP contribution in [0.15, 0.2) is 29.0 Å². The number of aromatic nitrogens is 1. The summed E-state index contributed by atoms with van der Waals surface area (Å²) in [7, 11) is 0. The summed E-state index contributed by atoms with van der Waals surface area (Å²) in [5.74, 6) is 0. The van der Waals surface area contributed by atoms with Gasteiger partial charge in [0.2, 0.25) is 0 Å². The van der Waals surface area contributed by atoms with Crippen molar-refractivity contribution in [3.05, 3.63) is 29.0 Å². The van der Waals surface area contributed by atoms with Crippen molar-refractivity contribution in [2.24, 2.45) is 0 Å². The van der Waals surface area contributed by atoms with E-state index < -0.39 is 0 Å². The summed E-state index contributed by atoms with van der Waals surface area (Å²) < 4.78 is 1.02. The molecule has 1 aromatic heterocycles. The Morgan fingerprint density at radius 3 is 2.81 bits per heavy atom. The molecule has 16 heavy (non-hydrogen) atoms. The lowest BCUT2D eigenvalue weighted by atomic mass is 10.2. The minimum Gasteiger partial charge on any atom is -0.396 e. The minimum absolute atomic E-state index is 0.291. The van der Waals surface area contributed by atoms with E-state index in [9.17, 15) is 0 Å². The number of piperazine rings is 1. The molecule has 1 unspecified atom stereocenters. The average molecular weight is 288 g/mol. The first kappa shape index (κ1) is 13.6. The van der Waals surface area contributed by atoms with Crippen LogP contribution in [-0.2, 0) is 0 Å². The average Bonchev–Trinajstić information content (AvgIpc) is 2.33. The lowest BCUT2D eigenvalue weighted by Gasteiger charge is -2.23. The van der Waals surface area contributed by atoms with Gasteiger partial charge in [-0.05, 0) is 34.5 Å². The van der Waals surface area contributed by atoms with Gasteiger partial charge in [0.05, 0.1) is 0 Å². The molecule has 0 aliphatic carbocycles. The van der Waals surface area contributed by atoms with Crippen LogP contribution in [0.25, 0.3) is 0 Å².